The Bertz CT molecular complexity index is 339. The van der Waals surface area contributed by atoms with Gasteiger partial charge in [-0.25, -0.2) is 4.79 Å². The van der Waals surface area contributed by atoms with Gasteiger partial charge in [-0.05, 0) is 44.8 Å². The zero-order chi connectivity index (χ0) is 13.8. The second-order valence-electron chi connectivity index (χ2n) is 5.41. The van der Waals surface area contributed by atoms with Gasteiger partial charge >= 0.3 is 12.0 Å². The molecule has 5 nitrogen and oxygen atoms in total. The molecule has 0 bridgehead atoms. The van der Waals surface area contributed by atoms with E-state index in [4.69, 9.17) is 5.11 Å². The van der Waals surface area contributed by atoms with Gasteiger partial charge in [0.25, 0.3) is 0 Å². The molecule has 0 radical (unpaired) electrons. The molecular formula is C13H22N2O3S. The van der Waals surface area contributed by atoms with Crippen molar-refractivity contribution < 1.29 is 14.7 Å². The first-order chi connectivity index (χ1) is 9.10. The molecule has 0 unspecified atom stereocenters. The number of urea groups is 1. The second-order valence-corrected chi connectivity index (χ2v) is 6.55. The molecule has 0 spiro atoms. The molecule has 0 saturated heterocycles. The lowest BCUT2D eigenvalue weighted by Gasteiger charge is -2.30. The van der Waals surface area contributed by atoms with Crippen LogP contribution < -0.4 is 5.32 Å². The first-order valence-electron chi connectivity index (χ1n) is 6.92. The third-order valence-electron chi connectivity index (χ3n) is 3.89. The van der Waals surface area contributed by atoms with Crippen LogP contribution in [0.15, 0.2) is 0 Å². The van der Waals surface area contributed by atoms with Gasteiger partial charge in [0.15, 0.2) is 0 Å². The van der Waals surface area contributed by atoms with Crippen LogP contribution in [0.25, 0.3) is 0 Å². The molecule has 0 aliphatic heterocycles. The van der Waals surface area contributed by atoms with Crippen LogP contribution in [0, 0.1) is 0 Å². The van der Waals surface area contributed by atoms with Crippen molar-refractivity contribution >= 4 is 23.8 Å². The Morgan fingerprint density at radius 3 is 2.32 bits per heavy atom. The van der Waals surface area contributed by atoms with Crippen LogP contribution in [0.2, 0.25) is 0 Å². The number of carbonyl (C=O) groups excluding carboxylic acids is 1. The Morgan fingerprint density at radius 1 is 1.21 bits per heavy atom. The van der Waals surface area contributed by atoms with Gasteiger partial charge in [-0.2, -0.15) is 11.8 Å². The van der Waals surface area contributed by atoms with Crippen molar-refractivity contribution in [2.75, 3.05) is 12.8 Å². The van der Waals surface area contributed by atoms with E-state index in [1.807, 2.05) is 11.8 Å². The number of amides is 2. The van der Waals surface area contributed by atoms with Crippen molar-refractivity contribution in [1.29, 1.82) is 0 Å². The molecule has 0 atom stereocenters. The van der Waals surface area contributed by atoms with Crippen molar-refractivity contribution in [3.8, 4) is 0 Å². The molecule has 2 aliphatic rings. The summed E-state index contributed by atoms with van der Waals surface area (Å²) in [6.45, 7) is -0.184. The fraction of sp³-hybridized carbons (Fsp3) is 0.846. The topological polar surface area (TPSA) is 69.6 Å². The van der Waals surface area contributed by atoms with E-state index < -0.39 is 5.97 Å². The first-order valence-corrected chi connectivity index (χ1v) is 8.20. The second kappa shape index (κ2) is 6.50. The Hall–Kier alpha value is -0.910. The van der Waals surface area contributed by atoms with Gasteiger partial charge in [0.05, 0.1) is 0 Å². The van der Waals surface area contributed by atoms with Gasteiger partial charge in [-0.3, -0.25) is 4.79 Å². The van der Waals surface area contributed by atoms with Crippen molar-refractivity contribution in [2.45, 2.75) is 55.9 Å². The van der Waals surface area contributed by atoms with Crippen molar-refractivity contribution in [3.05, 3.63) is 0 Å². The smallest absolute Gasteiger partial charge is 0.323 e. The van der Waals surface area contributed by atoms with Crippen LogP contribution >= 0.6 is 11.8 Å². The van der Waals surface area contributed by atoms with E-state index in [0.717, 1.165) is 38.5 Å². The predicted octanol–water partition coefficient (Wildman–Crippen LogP) is 1.92. The molecular weight excluding hydrogens is 264 g/mol. The van der Waals surface area contributed by atoms with E-state index >= 15 is 0 Å². The van der Waals surface area contributed by atoms with E-state index in [1.165, 1.54) is 4.90 Å². The highest BCUT2D eigenvalue weighted by molar-refractivity contribution is 7.99. The van der Waals surface area contributed by atoms with E-state index in [-0.39, 0.29) is 24.7 Å². The van der Waals surface area contributed by atoms with Crippen molar-refractivity contribution in [3.63, 3.8) is 0 Å². The number of nitrogens with one attached hydrogen (secondary N) is 1. The highest BCUT2D eigenvalue weighted by atomic mass is 32.2. The summed E-state index contributed by atoms with van der Waals surface area (Å²) < 4.78 is 0. The minimum absolute atomic E-state index is 0.138. The van der Waals surface area contributed by atoms with Gasteiger partial charge in [-0.15, -0.1) is 0 Å². The largest absolute Gasteiger partial charge is 0.480 e. The predicted molar refractivity (Wildman–Crippen MR) is 75.5 cm³/mol. The van der Waals surface area contributed by atoms with Crippen LogP contribution in [0.4, 0.5) is 4.79 Å². The standard InChI is InChI=1S/C13H22N2O3S/c1-19-11-6-2-9(3-7-11)14-13(18)15(8-12(16)17)10-4-5-10/h9-11H,2-8H2,1H3,(H,14,18)(H,16,17). The number of aliphatic carboxylic acids is 1. The summed E-state index contributed by atoms with van der Waals surface area (Å²) in [5.41, 5.74) is 0. The number of carboxylic acid groups (broad SMARTS) is 1. The summed E-state index contributed by atoms with van der Waals surface area (Å²) in [6.07, 6.45) is 8.26. The Labute approximate surface area is 118 Å². The number of nitrogens with zero attached hydrogens (tertiary/aromatic N) is 1. The SMILES string of the molecule is CSC1CCC(NC(=O)N(CC(=O)O)C2CC2)CC1. The van der Waals surface area contributed by atoms with E-state index in [2.05, 4.69) is 11.6 Å². The average molecular weight is 286 g/mol. The zero-order valence-corrected chi connectivity index (χ0v) is 12.1. The third-order valence-corrected chi connectivity index (χ3v) is 5.03. The molecule has 19 heavy (non-hydrogen) atoms. The van der Waals surface area contributed by atoms with E-state index in [1.54, 1.807) is 0 Å². The molecule has 2 rings (SSSR count). The van der Waals surface area contributed by atoms with Gasteiger partial charge in [0.2, 0.25) is 0 Å². The Balaban J connectivity index is 1.80. The lowest BCUT2D eigenvalue weighted by Crippen LogP contribution is -2.48. The van der Waals surface area contributed by atoms with Gasteiger partial charge < -0.3 is 15.3 Å². The van der Waals surface area contributed by atoms with Crippen LogP contribution in [0.1, 0.15) is 38.5 Å². The van der Waals surface area contributed by atoms with Crippen molar-refractivity contribution in [2.24, 2.45) is 0 Å². The maximum Gasteiger partial charge on any atom is 0.323 e. The monoisotopic (exact) mass is 286 g/mol. The fourth-order valence-corrected chi connectivity index (χ4v) is 3.34. The number of carboxylic acids is 1. The summed E-state index contributed by atoms with van der Waals surface area (Å²) in [5, 5.41) is 12.6. The van der Waals surface area contributed by atoms with Gasteiger partial charge in [-0.1, -0.05) is 0 Å². The summed E-state index contributed by atoms with van der Waals surface area (Å²) in [6, 6.07) is 0.155. The summed E-state index contributed by atoms with van der Waals surface area (Å²) >= 11 is 1.90. The molecule has 0 aromatic carbocycles. The summed E-state index contributed by atoms with van der Waals surface area (Å²) in [7, 11) is 0. The molecule has 2 N–H and O–H groups in total. The molecule has 0 aromatic rings. The molecule has 2 aliphatic carbocycles. The molecule has 0 heterocycles. The zero-order valence-electron chi connectivity index (χ0n) is 11.3. The van der Waals surface area contributed by atoms with Crippen LogP contribution in [0.5, 0.6) is 0 Å². The third kappa shape index (κ3) is 4.30. The van der Waals surface area contributed by atoms with E-state index in [0.29, 0.717) is 5.25 Å². The van der Waals surface area contributed by atoms with E-state index in [9.17, 15) is 9.59 Å². The quantitative estimate of drug-likeness (QED) is 0.810. The summed E-state index contributed by atoms with van der Waals surface area (Å²) in [5.74, 6) is -0.937. The van der Waals surface area contributed by atoms with Crippen LogP contribution in [-0.2, 0) is 4.79 Å². The van der Waals surface area contributed by atoms with Gasteiger partial charge in [0, 0.05) is 17.3 Å². The van der Waals surface area contributed by atoms with Crippen molar-refractivity contribution in [1.82, 2.24) is 10.2 Å². The van der Waals surface area contributed by atoms with Gasteiger partial charge in [0.1, 0.15) is 6.54 Å². The molecule has 108 valence electrons. The summed E-state index contributed by atoms with van der Waals surface area (Å²) in [4.78, 5) is 24.4. The Morgan fingerprint density at radius 2 is 1.84 bits per heavy atom. The minimum atomic E-state index is -0.937. The first kappa shape index (κ1) is 14.5. The minimum Gasteiger partial charge on any atom is -0.480 e. The molecule has 2 saturated carbocycles. The highest BCUT2D eigenvalue weighted by Gasteiger charge is 2.35. The highest BCUT2D eigenvalue weighted by Crippen LogP contribution is 2.29. The molecule has 2 fully saturated rings. The van der Waals surface area contributed by atoms with Crippen LogP contribution in [-0.4, -0.2) is 52.1 Å². The molecule has 0 aromatic heterocycles. The molecule has 2 amide bonds. The number of rotatable bonds is 5. The number of hydrogen-bond donors (Lipinski definition) is 2. The maximum atomic E-state index is 12.1. The fourth-order valence-electron chi connectivity index (χ4n) is 2.60. The normalized spacial score (nSPS) is 26.8. The lowest BCUT2D eigenvalue weighted by molar-refractivity contribution is -0.137. The lowest BCUT2D eigenvalue weighted by atomic mass is 9.95. The number of hydrogen-bond acceptors (Lipinski definition) is 3. The van der Waals surface area contributed by atoms with Crippen LogP contribution in [0.3, 0.4) is 0 Å². The maximum absolute atomic E-state index is 12.1. The number of carbonyl (C=O) groups is 2. The average Bonchev–Trinajstić information content (AvgIpc) is 3.21. The molecule has 6 heteroatoms. The Kier molecular flexibility index (Phi) is 4.96. The number of thioether (sulfide) groups is 1.